The molecule has 0 saturated carbocycles. The predicted molar refractivity (Wildman–Crippen MR) is 85.6 cm³/mol. The number of nitrogen functional groups attached to an aromatic ring is 1. The monoisotopic (exact) mass is 297 g/mol. The molecule has 3 N–H and O–H groups in total. The molecule has 0 unspecified atom stereocenters. The van der Waals surface area contributed by atoms with Gasteiger partial charge in [-0.3, -0.25) is 9.78 Å². The molecular formula is C16H12ClN3O. The van der Waals surface area contributed by atoms with Gasteiger partial charge in [-0.1, -0.05) is 29.8 Å². The maximum Gasteiger partial charge on any atom is 0.274 e. The minimum atomic E-state index is -0.319. The smallest absolute Gasteiger partial charge is 0.274 e. The van der Waals surface area contributed by atoms with Crippen LogP contribution < -0.4 is 11.1 Å². The molecule has 104 valence electrons. The molecule has 4 nitrogen and oxygen atoms in total. The predicted octanol–water partition coefficient (Wildman–Crippen LogP) is 3.72. The van der Waals surface area contributed by atoms with Gasteiger partial charge in [-0.25, -0.2) is 0 Å². The van der Waals surface area contributed by atoms with Crippen LogP contribution in [0.25, 0.3) is 10.8 Å². The molecule has 0 radical (unpaired) electrons. The summed E-state index contributed by atoms with van der Waals surface area (Å²) in [4.78, 5) is 16.6. The number of pyridine rings is 1. The van der Waals surface area contributed by atoms with Gasteiger partial charge in [0.25, 0.3) is 5.91 Å². The average Bonchev–Trinajstić information content (AvgIpc) is 2.47. The number of hydrogen-bond acceptors (Lipinski definition) is 3. The van der Waals surface area contributed by atoms with Crippen LogP contribution in [-0.4, -0.2) is 10.9 Å². The number of halogens is 1. The van der Waals surface area contributed by atoms with Crippen LogP contribution in [0.4, 0.5) is 11.4 Å². The van der Waals surface area contributed by atoms with Gasteiger partial charge in [0.15, 0.2) is 0 Å². The Labute approximate surface area is 126 Å². The van der Waals surface area contributed by atoms with Gasteiger partial charge in [0.1, 0.15) is 5.69 Å². The van der Waals surface area contributed by atoms with Crippen LogP contribution in [0.5, 0.6) is 0 Å². The Morgan fingerprint density at radius 1 is 1.14 bits per heavy atom. The maximum absolute atomic E-state index is 12.4. The number of carbonyl (C=O) groups is 1. The van der Waals surface area contributed by atoms with Crippen molar-refractivity contribution in [2.45, 2.75) is 0 Å². The van der Waals surface area contributed by atoms with Crippen molar-refractivity contribution in [3.8, 4) is 0 Å². The fourth-order valence-corrected chi connectivity index (χ4v) is 2.38. The zero-order valence-corrected chi connectivity index (χ0v) is 11.8. The van der Waals surface area contributed by atoms with Gasteiger partial charge in [0, 0.05) is 28.0 Å². The summed E-state index contributed by atoms with van der Waals surface area (Å²) in [5.41, 5.74) is 7.40. The number of carbonyl (C=O) groups excluding carboxylic acids is 1. The number of benzene rings is 2. The first-order valence-corrected chi connectivity index (χ1v) is 6.73. The van der Waals surface area contributed by atoms with Crippen LogP contribution >= 0.6 is 11.6 Å². The molecule has 1 amide bonds. The SMILES string of the molecule is Nc1cccc2ccnc(C(=O)Nc3cccc(Cl)c3)c12. The number of aromatic nitrogens is 1. The standard InChI is InChI=1S/C16H12ClN3O/c17-11-4-2-5-12(9-11)20-16(21)15-14-10(7-8-19-15)3-1-6-13(14)18/h1-9H,18H2,(H,20,21). The average molecular weight is 298 g/mol. The van der Waals surface area contributed by atoms with E-state index in [-0.39, 0.29) is 5.91 Å². The van der Waals surface area contributed by atoms with E-state index in [0.29, 0.717) is 27.5 Å². The van der Waals surface area contributed by atoms with E-state index < -0.39 is 0 Å². The molecule has 1 heterocycles. The Hall–Kier alpha value is -2.59. The second-order valence-corrected chi connectivity index (χ2v) is 5.01. The normalized spacial score (nSPS) is 10.5. The first-order valence-electron chi connectivity index (χ1n) is 6.35. The molecule has 0 spiro atoms. The number of nitrogens with two attached hydrogens (primary N) is 1. The minimum absolute atomic E-state index is 0.297. The molecule has 0 aliphatic carbocycles. The van der Waals surface area contributed by atoms with Crippen LogP contribution in [0, 0.1) is 0 Å². The number of amides is 1. The van der Waals surface area contributed by atoms with E-state index in [0.717, 1.165) is 5.39 Å². The van der Waals surface area contributed by atoms with Gasteiger partial charge < -0.3 is 11.1 Å². The van der Waals surface area contributed by atoms with E-state index in [1.807, 2.05) is 18.2 Å². The highest BCUT2D eigenvalue weighted by atomic mass is 35.5. The lowest BCUT2D eigenvalue weighted by atomic mass is 10.1. The highest BCUT2D eigenvalue weighted by molar-refractivity contribution is 6.31. The van der Waals surface area contributed by atoms with Crippen LogP contribution in [0.15, 0.2) is 54.7 Å². The fourth-order valence-electron chi connectivity index (χ4n) is 2.19. The number of rotatable bonds is 2. The summed E-state index contributed by atoms with van der Waals surface area (Å²) in [6, 6.07) is 14.3. The van der Waals surface area contributed by atoms with Crippen LogP contribution in [-0.2, 0) is 0 Å². The van der Waals surface area contributed by atoms with Crippen LogP contribution in [0.3, 0.4) is 0 Å². The van der Waals surface area contributed by atoms with Crippen molar-refractivity contribution < 1.29 is 4.79 Å². The third kappa shape index (κ3) is 2.66. The van der Waals surface area contributed by atoms with Gasteiger partial charge in [0.2, 0.25) is 0 Å². The van der Waals surface area contributed by atoms with Crippen molar-refractivity contribution in [2.24, 2.45) is 0 Å². The molecule has 3 rings (SSSR count). The number of fused-ring (bicyclic) bond motifs is 1. The lowest BCUT2D eigenvalue weighted by molar-refractivity contribution is 0.102. The van der Waals surface area contributed by atoms with E-state index in [1.54, 1.807) is 36.5 Å². The molecule has 21 heavy (non-hydrogen) atoms. The Morgan fingerprint density at radius 3 is 2.76 bits per heavy atom. The maximum atomic E-state index is 12.4. The highest BCUT2D eigenvalue weighted by Gasteiger charge is 2.14. The highest BCUT2D eigenvalue weighted by Crippen LogP contribution is 2.24. The quantitative estimate of drug-likeness (QED) is 0.708. The molecule has 5 heteroatoms. The summed E-state index contributed by atoms with van der Waals surface area (Å²) in [7, 11) is 0. The number of hydrogen-bond donors (Lipinski definition) is 2. The molecule has 0 atom stereocenters. The Balaban J connectivity index is 2.02. The van der Waals surface area contributed by atoms with E-state index in [2.05, 4.69) is 10.3 Å². The van der Waals surface area contributed by atoms with Gasteiger partial charge >= 0.3 is 0 Å². The van der Waals surface area contributed by atoms with Crippen molar-refractivity contribution in [2.75, 3.05) is 11.1 Å². The zero-order valence-electron chi connectivity index (χ0n) is 11.0. The van der Waals surface area contributed by atoms with Crippen molar-refractivity contribution in [1.82, 2.24) is 4.98 Å². The molecule has 0 aliphatic rings. The first-order chi connectivity index (χ1) is 10.1. The van der Waals surface area contributed by atoms with Crippen molar-refractivity contribution >= 4 is 39.7 Å². The lowest BCUT2D eigenvalue weighted by Crippen LogP contribution is -2.14. The van der Waals surface area contributed by atoms with E-state index >= 15 is 0 Å². The molecule has 3 aromatic rings. The topological polar surface area (TPSA) is 68.0 Å². The number of anilines is 2. The Kier molecular flexibility index (Phi) is 3.46. The van der Waals surface area contributed by atoms with E-state index in [9.17, 15) is 4.79 Å². The number of nitrogens with zero attached hydrogens (tertiary/aromatic N) is 1. The largest absolute Gasteiger partial charge is 0.398 e. The third-order valence-corrected chi connectivity index (χ3v) is 3.36. The van der Waals surface area contributed by atoms with Gasteiger partial charge in [0.05, 0.1) is 0 Å². The van der Waals surface area contributed by atoms with Gasteiger partial charge in [-0.15, -0.1) is 0 Å². The molecule has 0 bridgehead atoms. The summed E-state index contributed by atoms with van der Waals surface area (Å²) in [5, 5.41) is 4.86. The van der Waals surface area contributed by atoms with Gasteiger partial charge in [-0.2, -0.15) is 0 Å². The molecule has 0 aliphatic heterocycles. The van der Waals surface area contributed by atoms with Crippen LogP contribution in [0.2, 0.25) is 5.02 Å². The molecule has 0 saturated heterocycles. The van der Waals surface area contributed by atoms with Gasteiger partial charge in [-0.05, 0) is 35.7 Å². The second-order valence-electron chi connectivity index (χ2n) is 4.57. The zero-order chi connectivity index (χ0) is 14.8. The Morgan fingerprint density at radius 2 is 1.95 bits per heavy atom. The lowest BCUT2D eigenvalue weighted by Gasteiger charge is -2.09. The molecule has 0 fully saturated rings. The van der Waals surface area contributed by atoms with Crippen molar-refractivity contribution in [1.29, 1.82) is 0 Å². The summed E-state index contributed by atoms with van der Waals surface area (Å²) < 4.78 is 0. The summed E-state index contributed by atoms with van der Waals surface area (Å²) in [6.45, 7) is 0. The van der Waals surface area contributed by atoms with Crippen molar-refractivity contribution in [3.05, 3.63) is 65.4 Å². The van der Waals surface area contributed by atoms with Crippen LogP contribution in [0.1, 0.15) is 10.5 Å². The summed E-state index contributed by atoms with van der Waals surface area (Å²) in [5.74, 6) is -0.319. The fraction of sp³-hybridized carbons (Fsp3) is 0. The number of nitrogens with one attached hydrogen (secondary N) is 1. The Bertz CT molecular complexity index is 827. The molecule has 1 aromatic heterocycles. The molecular weight excluding hydrogens is 286 g/mol. The second kappa shape index (κ2) is 5.42. The minimum Gasteiger partial charge on any atom is -0.398 e. The molecule has 2 aromatic carbocycles. The van der Waals surface area contributed by atoms with Crippen molar-refractivity contribution in [3.63, 3.8) is 0 Å². The third-order valence-electron chi connectivity index (χ3n) is 3.12. The van der Waals surface area contributed by atoms with E-state index in [4.69, 9.17) is 17.3 Å². The summed E-state index contributed by atoms with van der Waals surface area (Å²) in [6.07, 6.45) is 1.59. The first kappa shape index (κ1) is 13.4. The summed E-state index contributed by atoms with van der Waals surface area (Å²) >= 11 is 5.91. The van der Waals surface area contributed by atoms with E-state index in [1.165, 1.54) is 0 Å².